The van der Waals surface area contributed by atoms with Crippen molar-refractivity contribution in [3.63, 3.8) is 0 Å². The molecule has 0 atom stereocenters. The van der Waals surface area contributed by atoms with Crippen molar-refractivity contribution in [1.82, 2.24) is 0 Å². The van der Waals surface area contributed by atoms with E-state index in [0.717, 1.165) is 3.57 Å². The van der Waals surface area contributed by atoms with Crippen molar-refractivity contribution in [2.75, 3.05) is 18.5 Å². The Labute approximate surface area is 173 Å². The van der Waals surface area contributed by atoms with Crippen molar-refractivity contribution < 1.29 is 19.1 Å². The van der Waals surface area contributed by atoms with Gasteiger partial charge in [0.2, 0.25) is 0 Å². The molecule has 3 aromatic rings. The molecule has 1 aliphatic heterocycles. The number of fused-ring (bicyclic) bond motifs is 1. The van der Waals surface area contributed by atoms with E-state index in [1.165, 1.54) is 11.3 Å². The van der Waals surface area contributed by atoms with E-state index in [1.54, 1.807) is 30.3 Å². The number of carbonyl (C=O) groups excluding carboxylic acids is 2. The number of nitrogens with one attached hydrogen (secondary N) is 1. The summed E-state index contributed by atoms with van der Waals surface area (Å²) >= 11 is 3.50. The predicted octanol–water partition coefficient (Wildman–Crippen LogP) is 4.61. The maximum Gasteiger partial charge on any atom is 0.265 e. The molecule has 0 bridgehead atoms. The number of thiophene rings is 1. The Morgan fingerprint density at radius 3 is 2.48 bits per heavy atom. The molecule has 0 fully saturated rings. The first-order valence-corrected chi connectivity index (χ1v) is 10.2. The molecule has 1 aliphatic rings. The average molecular weight is 491 g/mol. The van der Waals surface area contributed by atoms with Gasteiger partial charge < -0.3 is 14.8 Å². The Kier molecular flexibility index (Phi) is 5.13. The smallest absolute Gasteiger partial charge is 0.265 e. The van der Waals surface area contributed by atoms with Crippen LogP contribution in [0.4, 0.5) is 5.69 Å². The Hall–Kier alpha value is -2.39. The largest absolute Gasteiger partial charge is 0.486 e. The maximum atomic E-state index is 13.1. The minimum Gasteiger partial charge on any atom is -0.486 e. The van der Waals surface area contributed by atoms with E-state index >= 15 is 0 Å². The fourth-order valence-electron chi connectivity index (χ4n) is 2.76. The van der Waals surface area contributed by atoms with Crippen LogP contribution in [0.2, 0.25) is 0 Å². The van der Waals surface area contributed by atoms with E-state index in [4.69, 9.17) is 9.47 Å². The average Bonchev–Trinajstić information content (AvgIpc) is 3.22. The molecule has 2 heterocycles. The minimum atomic E-state index is -0.265. The summed E-state index contributed by atoms with van der Waals surface area (Å²) in [4.78, 5) is 26.2. The molecular formula is C20H14INO4S. The monoisotopic (exact) mass is 491 g/mol. The van der Waals surface area contributed by atoms with Crippen molar-refractivity contribution in [3.8, 4) is 11.5 Å². The first-order valence-electron chi connectivity index (χ1n) is 8.20. The lowest BCUT2D eigenvalue weighted by molar-refractivity contribution is 0.103. The number of halogens is 1. The summed E-state index contributed by atoms with van der Waals surface area (Å²) in [5.41, 5.74) is 1.32. The van der Waals surface area contributed by atoms with Crippen LogP contribution < -0.4 is 14.8 Å². The number of ether oxygens (including phenoxy) is 2. The van der Waals surface area contributed by atoms with E-state index in [1.807, 2.05) is 23.6 Å². The standard InChI is InChI=1S/C20H14INO4S/c21-13-4-1-3-12(9-13)19(23)14-10-16-17(26-7-6-25-16)11-15(14)22-20(24)18-5-2-8-27-18/h1-5,8-11H,6-7H2,(H,22,24). The molecule has 136 valence electrons. The van der Waals surface area contributed by atoms with Gasteiger partial charge in [0.05, 0.1) is 16.1 Å². The zero-order chi connectivity index (χ0) is 18.8. The number of benzene rings is 2. The van der Waals surface area contributed by atoms with Crippen LogP contribution in [0.3, 0.4) is 0 Å². The summed E-state index contributed by atoms with van der Waals surface area (Å²) in [6.45, 7) is 0.847. The van der Waals surface area contributed by atoms with E-state index in [9.17, 15) is 9.59 Å². The zero-order valence-corrected chi connectivity index (χ0v) is 17.0. The van der Waals surface area contributed by atoms with Gasteiger partial charge in [-0.25, -0.2) is 0 Å². The van der Waals surface area contributed by atoms with Crippen molar-refractivity contribution in [3.05, 3.63) is 73.5 Å². The van der Waals surface area contributed by atoms with Gasteiger partial charge in [0.1, 0.15) is 13.2 Å². The molecule has 0 unspecified atom stereocenters. The lowest BCUT2D eigenvalue weighted by Crippen LogP contribution is -2.19. The van der Waals surface area contributed by atoms with Crippen molar-refractivity contribution >= 4 is 51.3 Å². The van der Waals surface area contributed by atoms with Crippen LogP contribution in [-0.2, 0) is 0 Å². The molecule has 1 amide bonds. The Balaban J connectivity index is 1.76. The molecule has 0 spiro atoms. The Morgan fingerprint density at radius 2 is 1.78 bits per heavy atom. The first-order chi connectivity index (χ1) is 13.1. The van der Waals surface area contributed by atoms with E-state index in [2.05, 4.69) is 27.9 Å². The van der Waals surface area contributed by atoms with E-state index in [-0.39, 0.29) is 11.7 Å². The van der Waals surface area contributed by atoms with Crippen LogP contribution in [0.5, 0.6) is 11.5 Å². The van der Waals surface area contributed by atoms with Crippen LogP contribution in [0.25, 0.3) is 0 Å². The highest BCUT2D eigenvalue weighted by molar-refractivity contribution is 14.1. The molecule has 0 saturated heterocycles. The second-order valence-electron chi connectivity index (χ2n) is 5.81. The maximum absolute atomic E-state index is 13.1. The van der Waals surface area contributed by atoms with Gasteiger partial charge in [-0.2, -0.15) is 0 Å². The van der Waals surface area contributed by atoms with Gasteiger partial charge in [0.25, 0.3) is 5.91 Å². The van der Waals surface area contributed by atoms with Crippen molar-refractivity contribution in [2.24, 2.45) is 0 Å². The molecule has 5 nitrogen and oxygen atoms in total. The van der Waals surface area contributed by atoms with Crippen LogP contribution in [0, 0.1) is 3.57 Å². The molecule has 1 N–H and O–H groups in total. The Morgan fingerprint density at radius 1 is 1.00 bits per heavy atom. The van der Waals surface area contributed by atoms with Crippen LogP contribution in [0.15, 0.2) is 53.9 Å². The summed E-state index contributed by atoms with van der Waals surface area (Å²) in [5, 5.41) is 4.67. The topological polar surface area (TPSA) is 64.6 Å². The lowest BCUT2D eigenvalue weighted by Gasteiger charge is -2.21. The number of carbonyl (C=O) groups is 2. The van der Waals surface area contributed by atoms with Crippen molar-refractivity contribution in [1.29, 1.82) is 0 Å². The van der Waals surface area contributed by atoms with E-state index < -0.39 is 0 Å². The highest BCUT2D eigenvalue weighted by Crippen LogP contribution is 2.37. The molecule has 27 heavy (non-hydrogen) atoms. The van der Waals surface area contributed by atoms with Crippen LogP contribution in [-0.4, -0.2) is 24.9 Å². The van der Waals surface area contributed by atoms with Gasteiger partial charge in [-0.1, -0.05) is 18.2 Å². The molecule has 0 aliphatic carbocycles. The molecule has 2 aromatic carbocycles. The Bertz CT molecular complexity index is 1020. The highest BCUT2D eigenvalue weighted by Gasteiger charge is 2.22. The van der Waals surface area contributed by atoms with Gasteiger partial charge >= 0.3 is 0 Å². The number of hydrogen-bond acceptors (Lipinski definition) is 5. The fraction of sp³-hybridized carbons (Fsp3) is 0.100. The fourth-order valence-corrected chi connectivity index (χ4v) is 3.92. The summed E-state index contributed by atoms with van der Waals surface area (Å²) in [7, 11) is 0. The first kappa shape index (κ1) is 18.0. The highest BCUT2D eigenvalue weighted by atomic mass is 127. The second-order valence-corrected chi connectivity index (χ2v) is 8.01. The number of anilines is 1. The summed E-state index contributed by atoms with van der Waals surface area (Å²) in [6.07, 6.45) is 0. The van der Waals surface area contributed by atoms with Gasteiger partial charge in [0, 0.05) is 15.2 Å². The number of ketones is 1. The zero-order valence-electron chi connectivity index (χ0n) is 14.0. The van der Waals surface area contributed by atoms with E-state index in [0.29, 0.717) is 46.4 Å². The van der Waals surface area contributed by atoms with Gasteiger partial charge in [0.15, 0.2) is 17.3 Å². The van der Waals surface area contributed by atoms with Crippen LogP contribution >= 0.6 is 33.9 Å². The number of amides is 1. The third kappa shape index (κ3) is 3.84. The predicted molar refractivity (Wildman–Crippen MR) is 112 cm³/mol. The van der Waals surface area contributed by atoms with Crippen molar-refractivity contribution in [2.45, 2.75) is 0 Å². The molecule has 4 rings (SSSR count). The number of rotatable bonds is 4. The quantitative estimate of drug-likeness (QED) is 0.428. The summed E-state index contributed by atoms with van der Waals surface area (Å²) < 4.78 is 12.2. The molecule has 0 radical (unpaired) electrons. The molecular weight excluding hydrogens is 477 g/mol. The molecule has 0 saturated carbocycles. The summed E-state index contributed by atoms with van der Waals surface area (Å²) in [6, 6.07) is 14.1. The molecule has 1 aromatic heterocycles. The van der Waals surface area contributed by atoms with Gasteiger partial charge in [-0.05, 0) is 52.2 Å². The number of hydrogen-bond donors (Lipinski definition) is 1. The third-order valence-electron chi connectivity index (χ3n) is 4.01. The lowest BCUT2D eigenvalue weighted by atomic mass is 10.0. The third-order valence-corrected chi connectivity index (χ3v) is 5.55. The second kappa shape index (κ2) is 7.69. The summed E-state index contributed by atoms with van der Waals surface area (Å²) in [5.74, 6) is 0.566. The van der Waals surface area contributed by atoms with Crippen LogP contribution in [0.1, 0.15) is 25.6 Å². The SMILES string of the molecule is O=C(Nc1cc2c(cc1C(=O)c1cccc(I)c1)OCCO2)c1cccs1. The minimum absolute atomic E-state index is 0.188. The van der Waals surface area contributed by atoms with Gasteiger partial charge in [-0.3, -0.25) is 9.59 Å². The molecule has 7 heteroatoms. The van der Waals surface area contributed by atoms with Gasteiger partial charge in [-0.15, -0.1) is 11.3 Å². The normalized spacial score (nSPS) is 12.5.